The predicted octanol–water partition coefficient (Wildman–Crippen LogP) is 0.967. The van der Waals surface area contributed by atoms with Gasteiger partial charge in [-0.15, -0.1) is 0 Å². The van der Waals surface area contributed by atoms with Crippen LogP contribution in [0.4, 0.5) is 5.69 Å². The molecule has 1 aromatic rings. The van der Waals surface area contributed by atoms with Crippen molar-refractivity contribution in [1.82, 2.24) is 4.72 Å². The number of anilines is 1. The van der Waals surface area contributed by atoms with Crippen molar-refractivity contribution in [3.05, 3.63) is 23.8 Å². The average Bonchev–Trinajstić information content (AvgIpc) is 2.09. The van der Waals surface area contributed by atoms with E-state index in [1.807, 2.05) is 0 Å². The van der Waals surface area contributed by atoms with Gasteiger partial charge in [0.1, 0.15) is 5.75 Å². The molecule has 0 atom stereocenters. The zero-order valence-electron chi connectivity index (χ0n) is 8.61. The van der Waals surface area contributed by atoms with Crippen molar-refractivity contribution in [2.75, 3.05) is 11.3 Å². The van der Waals surface area contributed by atoms with Crippen LogP contribution in [0.3, 0.4) is 0 Å². The van der Waals surface area contributed by atoms with Gasteiger partial charge < -0.3 is 5.11 Å². The van der Waals surface area contributed by atoms with Crippen LogP contribution >= 0.6 is 0 Å². The van der Waals surface area contributed by atoms with E-state index in [2.05, 4.69) is 9.44 Å². The first-order valence-electron chi connectivity index (χ1n) is 4.51. The number of nitrogens with one attached hydrogen (secondary N) is 2. The summed E-state index contributed by atoms with van der Waals surface area (Å²) in [6, 6.07) is 4.43. The Morgan fingerprint density at radius 3 is 2.60 bits per heavy atom. The maximum Gasteiger partial charge on any atom is 0.299 e. The van der Waals surface area contributed by atoms with E-state index in [0.29, 0.717) is 17.8 Å². The zero-order valence-corrected chi connectivity index (χ0v) is 9.43. The van der Waals surface area contributed by atoms with Crippen molar-refractivity contribution < 1.29 is 13.5 Å². The molecule has 0 aliphatic heterocycles. The summed E-state index contributed by atoms with van der Waals surface area (Å²) < 4.78 is 27.4. The average molecular weight is 230 g/mol. The minimum absolute atomic E-state index is 0.110. The number of aryl methyl sites for hydroxylation is 1. The largest absolute Gasteiger partial charge is 0.508 e. The molecule has 3 N–H and O–H groups in total. The fraction of sp³-hybridized carbons (Fsp3) is 0.333. The molecule has 6 heteroatoms. The number of phenols is 1. The second kappa shape index (κ2) is 4.50. The third-order valence-electron chi connectivity index (χ3n) is 1.79. The lowest BCUT2D eigenvalue weighted by Crippen LogP contribution is -2.29. The number of benzene rings is 1. The first-order chi connectivity index (χ1) is 6.94. The highest BCUT2D eigenvalue weighted by molar-refractivity contribution is 7.90. The Balaban J connectivity index is 2.90. The normalized spacial score (nSPS) is 11.3. The minimum Gasteiger partial charge on any atom is -0.508 e. The third kappa shape index (κ3) is 3.41. The number of phenolic OH excluding ortho intramolecular Hbond substituents is 1. The first-order valence-corrected chi connectivity index (χ1v) is 6.00. The van der Waals surface area contributed by atoms with Crippen LogP contribution in [-0.4, -0.2) is 20.1 Å². The quantitative estimate of drug-likeness (QED) is 0.674. The lowest BCUT2D eigenvalue weighted by Gasteiger charge is -2.10. The van der Waals surface area contributed by atoms with E-state index in [-0.39, 0.29) is 5.75 Å². The topological polar surface area (TPSA) is 78.4 Å². The van der Waals surface area contributed by atoms with E-state index in [1.165, 1.54) is 18.2 Å². The molecule has 0 saturated carbocycles. The Kier molecular flexibility index (Phi) is 3.54. The molecule has 0 fully saturated rings. The molecule has 1 rings (SSSR count). The van der Waals surface area contributed by atoms with Crippen molar-refractivity contribution >= 4 is 15.9 Å². The molecule has 0 unspecified atom stereocenters. The summed E-state index contributed by atoms with van der Waals surface area (Å²) in [5.41, 5.74) is 1.12. The summed E-state index contributed by atoms with van der Waals surface area (Å²) >= 11 is 0. The second-order valence-electron chi connectivity index (χ2n) is 3.10. The lowest BCUT2D eigenvalue weighted by atomic mass is 10.2. The molecule has 0 saturated heterocycles. The van der Waals surface area contributed by atoms with Crippen LogP contribution in [0.5, 0.6) is 5.75 Å². The summed E-state index contributed by atoms with van der Waals surface area (Å²) in [6.07, 6.45) is 0. The number of hydrogen-bond donors (Lipinski definition) is 3. The summed E-state index contributed by atoms with van der Waals surface area (Å²) in [6.45, 7) is 3.74. The maximum absolute atomic E-state index is 11.4. The molecule has 0 aromatic heterocycles. The number of rotatable bonds is 4. The maximum atomic E-state index is 11.4. The molecule has 0 aliphatic carbocycles. The highest BCUT2D eigenvalue weighted by atomic mass is 32.2. The van der Waals surface area contributed by atoms with E-state index in [9.17, 15) is 8.42 Å². The molecule has 5 nitrogen and oxygen atoms in total. The molecule has 0 spiro atoms. The van der Waals surface area contributed by atoms with Crippen molar-refractivity contribution in [2.45, 2.75) is 13.8 Å². The fourth-order valence-electron chi connectivity index (χ4n) is 1.13. The van der Waals surface area contributed by atoms with Gasteiger partial charge in [-0.3, -0.25) is 4.72 Å². The molecule has 0 amide bonds. The Morgan fingerprint density at radius 2 is 2.07 bits per heavy atom. The molecule has 0 aliphatic rings. The van der Waals surface area contributed by atoms with Crippen LogP contribution in [-0.2, 0) is 10.2 Å². The summed E-state index contributed by atoms with van der Waals surface area (Å²) in [5.74, 6) is 0.110. The van der Waals surface area contributed by atoms with Crippen LogP contribution in [0.1, 0.15) is 12.5 Å². The van der Waals surface area contributed by atoms with Crippen molar-refractivity contribution in [3.8, 4) is 5.75 Å². The number of hydrogen-bond acceptors (Lipinski definition) is 3. The van der Waals surface area contributed by atoms with Crippen LogP contribution < -0.4 is 9.44 Å². The van der Waals surface area contributed by atoms with Gasteiger partial charge in [-0.2, -0.15) is 13.1 Å². The van der Waals surface area contributed by atoms with Crippen LogP contribution in [0.15, 0.2) is 18.2 Å². The lowest BCUT2D eigenvalue weighted by molar-refractivity contribution is 0.475. The summed E-state index contributed by atoms with van der Waals surface area (Å²) in [7, 11) is -3.50. The molecule has 15 heavy (non-hydrogen) atoms. The van der Waals surface area contributed by atoms with Gasteiger partial charge in [0.2, 0.25) is 0 Å². The SMILES string of the molecule is CCNS(=O)(=O)Nc1ccc(O)cc1C. The van der Waals surface area contributed by atoms with E-state index in [0.717, 1.165) is 0 Å². The van der Waals surface area contributed by atoms with Gasteiger partial charge >= 0.3 is 0 Å². The zero-order chi connectivity index (χ0) is 11.5. The molecular formula is C9H14N2O3S. The van der Waals surface area contributed by atoms with Gasteiger partial charge in [-0.1, -0.05) is 6.92 Å². The Morgan fingerprint density at radius 1 is 1.40 bits per heavy atom. The summed E-state index contributed by atoms with van der Waals surface area (Å²) in [4.78, 5) is 0. The Labute approximate surface area is 89.3 Å². The van der Waals surface area contributed by atoms with Crippen molar-refractivity contribution in [3.63, 3.8) is 0 Å². The standard InChI is InChI=1S/C9H14N2O3S/c1-3-10-15(13,14)11-9-5-4-8(12)6-7(9)2/h4-6,10-12H,3H2,1-2H3. The van der Waals surface area contributed by atoms with Crippen LogP contribution in [0.2, 0.25) is 0 Å². The third-order valence-corrected chi connectivity index (χ3v) is 2.95. The van der Waals surface area contributed by atoms with Gasteiger partial charge in [-0.05, 0) is 30.7 Å². The number of aromatic hydroxyl groups is 1. The van der Waals surface area contributed by atoms with E-state index >= 15 is 0 Å². The molecule has 1 aromatic carbocycles. The first kappa shape index (κ1) is 11.8. The predicted molar refractivity (Wildman–Crippen MR) is 59.1 cm³/mol. The molecule has 0 heterocycles. The van der Waals surface area contributed by atoms with Crippen molar-refractivity contribution in [1.29, 1.82) is 0 Å². The summed E-state index contributed by atoms with van der Waals surface area (Å²) in [5, 5.41) is 9.15. The second-order valence-corrected chi connectivity index (χ2v) is 4.60. The van der Waals surface area contributed by atoms with Crippen molar-refractivity contribution in [2.24, 2.45) is 0 Å². The van der Waals surface area contributed by atoms with E-state index in [1.54, 1.807) is 13.8 Å². The fourth-order valence-corrected chi connectivity index (χ4v) is 2.10. The molecular weight excluding hydrogens is 216 g/mol. The van der Waals surface area contributed by atoms with Gasteiger partial charge in [-0.25, -0.2) is 0 Å². The van der Waals surface area contributed by atoms with E-state index in [4.69, 9.17) is 5.11 Å². The van der Waals surface area contributed by atoms with Crippen LogP contribution in [0.25, 0.3) is 0 Å². The highest BCUT2D eigenvalue weighted by Crippen LogP contribution is 2.20. The van der Waals surface area contributed by atoms with Gasteiger partial charge in [0.25, 0.3) is 10.2 Å². The Hall–Kier alpha value is -1.27. The van der Waals surface area contributed by atoms with Gasteiger partial charge in [0, 0.05) is 6.54 Å². The van der Waals surface area contributed by atoms with Gasteiger partial charge in [0.05, 0.1) is 5.69 Å². The highest BCUT2D eigenvalue weighted by Gasteiger charge is 2.09. The van der Waals surface area contributed by atoms with E-state index < -0.39 is 10.2 Å². The minimum atomic E-state index is -3.50. The Bertz CT molecular complexity index is 443. The molecule has 0 radical (unpaired) electrons. The van der Waals surface area contributed by atoms with Gasteiger partial charge in [0.15, 0.2) is 0 Å². The smallest absolute Gasteiger partial charge is 0.299 e. The van der Waals surface area contributed by atoms with Crippen LogP contribution in [0, 0.1) is 6.92 Å². The molecule has 0 bridgehead atoms. The molecule has 84 valence electrons. The monoisotopic (exact) mass is 230 g/mol.